The number of ether oxygens (including phenoxy) is 2. The van der Waals surface area contributed by atoms with Crippen LogP contribution in [0.1, 0.15) is 37.6 Å². The Morgan fingerprint density at radius 1 is 1.00 bits per heavy atom. The summed E-state index contributed by atoms with van der Waals surface area (Å²) in [6.07, 6.45) is -0.760. The van der Waals surface area contributed by atoms with Gasteiger partial charge < -0.3 is 20.1 Å². The largest absolute Gasteiger partial charge is 0.452 e. The van der Waals surface area contributed by atoms with Crippen LogP contribution in [-0.4, -0.2) is 42.6 Å². The maximum Gasteiger partial charge on any atom is 0.412 e. The molecule has 3 N–H and O–H groups in total. The minimum Gasteiger partial charge on any atom is -0.452 e. The average molecular weight is 459 g/mol. The van der Waals surface area contributed by atoms with Gasteiger partial charge in [-0.3, -0.25) is 14.9 Å². The summed E-state index contributed by atoms with van der Waals surface area (Å²) in [7, 11) is 0. The van der Waals surface area contributed by atoms with E-state index in [-0.39, 0.29) is 18.5 Å². The van der Waals surface area contributed by atoms with E-state index in [1.807, 2.05) is 0 Å². The lowest BCUT2D eigenvalue weighted by molar-refractivity contribution is -0.121. The predicted octanol–water partition coefficient (Wildman–Crippen LogP) is 3.24. The minimum atomic E-state index is -0.763. The number of amides is 3. The van der Waals surface area contributed by atoms with Gasteiger partial charge in [-0.05, 0) is 69.3 Å². The van der Waals surface area contributed by atoms with Crippen LogP contribution in [0.2, 0.25) is 0 Å². The van der Waals surface area contributed by atoms with E-state index in [2.05, 4.69) is 5.32 Å². The monoisotopic (exact) mass is 459 g/mol. The lowest BCUT2D eigenvalue weighted by Gasteiger charge is -2.22. The Labute approximate surface area is 190 Å². The van der Waals surface area contributed by atoms with Crippen molar-refractivity contribution in [2.24, 2.45) is 5.73 Å². The molecule has 176 valence electrons. The summed E-state index contributed by atoms with van der Waals surface area (Å²) in [6.45, 7) is 4.55. The van der Waals surface area contributed by atoms with Gasteiger partial charge in [-0.15, -0.1) is 0 Å². The second-order valence-electron chi connectivity index (χ2n) is 8.02. The first-order valence-electron chi connectivity index (χ1n) is 10.1. The molecule has 0 atom stereocenters. The van der Waals surface area contributed by atoms with Crippen LogP contribution in [0.4, 0.5) is 20.6 Å². The van der Waals surface area contributed by atoms with E-state index in [4.69, 9.17) is 15.2 Å². The normalized spacial score (nSPS) is 10.8. The molecule has 0 saturated carbocycles. The average Bonchev–Trinajstić information content (AvgIpc) is 2.72. The Morgan fingerprint density at radius 3 is 2.15 bits per heavy atom. The first-order valence-corrected chi connectivity index (χ1v) is 10.1. The molecule has 9 nitrogen and oxygen atoms in total. The van der Waals surface area contributed by atoms with Crippen molar-refractivity contribution < 1.29 is 33.0 Å². The maximum atomic E-state index is 13.2. The zero-order chi connectivity index (χ0) is 24.6. The van der Waals surface area contributed by atoms with Crippen molar-refractivity contribution in [1.82, 2.24) is 0 Å². The number of anilines is 2. The smallest absolute Gasteiger partial charge is 0.412 e. The first kappa shape index (κ1) is 25.3. The van der Waals surface area contributed by atoms with Crippen LogP contribution in [0.3, 0.4) is 0 Å². The number of carbonyl (C=O) groups excluding carboxylic acids is 4. The summed E-state index contributed by atoms with van der Waals surface area (Å²) in [5.74, 6) is -2.48. The van der Waals surface area contributed by atoms with Gasteiger partial charge in [0.05, 0.1) is 5.56 Å². The highest BCUT2D eigenvalue weighted by molar-refractivity contribution is 5.97. The van der Waals surface area contributed by atoms with Gasteiger partial charge >= 0.3 is 12.1 Å². The van der Waals surface area contributed by atoms with Gasteiger partial charge in [0.2, 0.25) is 5.91 Å². The molecular weight excluding hydrogens is 433 g/mol. The molecule has 10 heteroatoms. The lowest BCUT2D eigenvalue weighted by atomic mass is 10.2. The molecule has 0 aliphatic carbocycles. The van der Waals surface area contributed by atoms with Crippen molar-refractivity contribution in [2.75, 3.05) is 23.4 Å². The first-order chi connectivity index (χ1) is 15.4. The number of nitrogens with one attached hydrogen (secondary N) is 1. The lowest BCUT2D eigenvalue weighted by Crippen LogP contribution is -2.37. The highest BCUT2D eigenvalue weighted by atomic mass is 19.1. The Kier molecular flexibility index (Phi) is 8.49. The van der Waals surface area contributed by atoms with Crippen molar-refractivity contribution in [1.29, 1.82) is 0 Å². The number of hydrogen-bond acceptors (Lipinski definition) is 6. The van der Waals surface area contributed by atoms with E-state index >= 15 is 0 Å². The quantitative estimate of drug-likeness (QED) is 0.583. The Bertz CT molecular complexity index is 1000. The third kappa shape index (κ3) is 8.60. The van der Waals surface area contributed by atoms with Crippen molar-refractivity contribution >= 4 is 35.3 Å². The van der Waals surface area contributed by atoms with Crippen LogP contribution in [0.25, 0.3) is 0 Å². The number of nitrogens with two attached hydrogens (primary N) is 1. The molecule has 0 radical (unpaired) electrons. The molecule has 0 aliphatic heterocycles. The van der Waals surface area contributed by atoms with Crippen LogP contribution in [0.15, 0.2) is 48.5 Å². The molecule has 0 aliphatic rings. The molecule has 0 saturated heterocycles. The van der Waals surface area contributed by atoms with Crippen LogP contribution < -0.4 is 16.0 Å². The number of rotatable bonds is 8. The summed E-state index contributed by atoms with van der Waals surface area (Å²) in [5, 5.41) is 2.54. The standard InChI is InChI=1S/C23H26FN3O6/c1-23(2,3)33-22(31)26-17-8-4-15(5-9-17)21(30)32-14-20(29)27(13-12-19(25)28)18-10-6-16(24)7-11-18/h4-11H,12-14H2,1-3H3,(H2,25,28)(H,26,31). The molecule has 3 amide bonds. The van der Waals surface area contributed by atoms with Gasteiger partial charge in [0.1, 0.15) is 11.4 Å². The van der Waals surface area contributed by atoms with Gasteiger partial charge in [-0.25, -0.2) is 14.0 Å². The Hall–Kier alpha value is -3.95. The molecule has 2 aromatic carbocycles. The van der Waals surface area contributed by atoms with Gasteiger partial charge in [0.25, 0.3) is 5.91 Å². The molecule has 0 aromatic heterocycles. The fourth-order valence-electron chi connectivity index (χ4n) is 2.64. The second-order valence-corrected chi connectivity index (χ2v) is 8.02. The molecule has 2 aromatic rings. The molecular formula is C23H26FN3O6. The summed E-state index contributed by atoms with van der Waals surface area (Å²) in [4.78, 5) is 49.0. The van der Waals surface area contributed by atoms with Gasteiger partial charge in [0.15, 0.2) is 6.61 Å². The SMILES string of the molecule is CC(C)(C)OC(=O)Nc1ccc(C(=O)OCC(=O)N(CCC(N)=O)c2ccc(F)cc2)cc1. The number of halogens is 1. The predicted molar refractivity (Wildman–Crippen MR) is 119 cm³/mol. The van der Waals surface area contributed by atoms with Gasteiger partial charge in [-0.1, -0.05) is 0 Å². The minimum absolute atomic E-state index is 0.0532. The summed E-state index contributed by atoms with van der Waals surface area (Å²) in [5.41, 5.74) is 5.40. The summed E-state index contributed by atoms with van der Waals surface area (Å²) >= 11 is 0. The van der Waals surface area contributed by atoms with Gasteiger partial charge in [0, 0.05) is 24.3 Å². The van der Waals surface area contributed by atoms with Crippen molar-refractivity contribution in [3.05, 3.63) is 59.9 Å². The van der Waals surface area contributed by atoms with E-state index in [0.717, 1.165) is 0 Å². The number of nitrogens with zero attached hydrogens (tertiary/aromatic N) is 1. The second kappa shape index (κ2) is 11.1. The van der Waals surface area contributed by atoms with Crippen LogP contribution >= 0.6 is 0 Å². The van der Waals surface area contributed by atoms with E-state index in [0.29, 0.717) is 11.4 Å². The molecule has 0 spiro atoms. The molecule has 2 rings (SSSR count). The third-order valence-corrected chi connectivity index (χ3v) is 4.11. The van der Waals surface area contributed by atoms with Crippen molar-refractivity contribution in [3.63, 3.8) is 0 Å². The molecule has 33 heavy (non-hydrogen) atoms. The fraction of sp³-hybridized carbons (Fsp3) is 0.304. The summed E-state index contributed by atoms with van der Waals surface area (Å²) < 4.78 is 23.4. The van der Waals surface area contributed by atoms with Crippen LogP contribution in [-0.2, 0) is 19.1 Å². The van der Waals surface area contributed by atoms with E-state index in [1.54, 1.807) is 20.8 Å². The van der Waals surface area contributed by atoms with E-state index in [1.165, 1.54) is 53.4 Å². The zero-order valence-electron chi connectivity index (χ0n) is 18.6. The van der Waals surface area contributed by atoms with Crippen molar-refractivity contribution in [2.45, 2.75) is 32.8 Å². The van der Waals surface area contributed by atoms with Crippen LogP contribution in [0.5, 0.6) is 0 Å². The molecule has 0 bridgehead atoms. The number of primary amides is 1. The Balaban J connectivity index is 1.98. The summed E-state index contributed by atoms with van der Waals surface area (Å²) in [6, 6.07) is 10.9. The Morgan fingerprint density at radius 2 is 1.61 bits per heavy atom. The number of carbonyl (C=O) groups is 4. The van der Waals surface area contributed by atoms with Gasteiger partial charge in [-0.2, -0.15) is 0 Å². The number of hydrogen-bond donors (Lipinski definition) is 2. The topological polar surface area (TPSA) is 128 Å². The van der Waals surface area contributed by atoms with E-state index < -0.39 is 41.9 Å². The highest BCUT2D eigenvalue weighted by Crippen LogP contribution is 2.17. The zero-order valence-corrected chi connectivity index (χ0v) is 18.6. The molecule has 0 heterocycles. The highest BCUT2D eigenvalue weighted by Gasteiger charge is 2.20. The fourth-order valence-corrected chi connectivity index (χ4v) is 2.64. The van der Waals surface area contributed by atoms with E-state index in [9.17, 15) is 23.6 Å². The molecule has 0 fully saturated rings. The third-order valence-electron chi connectivity index (χ3n) is 4.11. The number of benzene rings is 2. The molecule has 0 unspecified atom stereocenters. The number of esters is 1. The van der Waals surface area contributed by atoms with Crippen molar-refractivity contribution in [3.8, 4) is 0 Å². The maximum absolute atomic E-state index is 13.2. The van der Waals surface area contributed by atoms with Crippen LogP contribution in [0, 0.1) is 5.82 Å².